The molecule has 0 saturated heterocycles. The molecule has 2 aromatic rings. The summed E-state index contributed by atoms with van der Waals surface area (Å²) in [6.07, 6.45) is 1.05. The van der Waals surface area contributed by atoms with Crippen LogP contribution in [0.1, 0.15) is 39.1 Å². The molecule has 0 saturated carbocycles. The fourth-order valence-electron chi connectivity index (χ4n) is 2.50. The first-order chi connectivity index (χ1) is 8.52. The van der Waals surface area contributed by atoms with E-state index in [1.54, 1.807) is 6.07 Å². The molecule has 18 heavy (non-hydrogen) atoms. The molecular formula is C14H18ClFN2. The number of halogens is 2. The summed E-state index contributed by atoms with van der Waals surface area (Å²) in [6.45, 7) is 6.53. The Bertz CT molecular complexity index is 548. The van der Waals surface area contributed by atoms with Crippen LogP contribution < -0.4 is 0 Å². The van der Waals surface area contributed by atoms with E-state index in [2.05, 4.69) is 30.3 Å². The molecule has 0 fully saturated rings. The van der Waals surface area contributed by atoms with Gasteiger partial charge in [-0.1, -0.05) is 13.8 Å². The van der Waals surface area contributed by atoms with Crippen LogP contribution in [0.2, 0.25) is 0 Å². The number of nitrogens with zero attached hydrogens (tertiary/aromatic N) is 2. The van der Waals surface area contributed by atoms with E-state index in [0.29, 0.717) is 23.4 Å². The van der Waals surface area contributed by atoms with Gasteiger partial charge in [-0.3, -0.25) is 0 Å². The van der Waals surface area contributed by atoms with E-state index in [1.807, 2.05) is 0 Å². The van der Waals surface area contributed by atoms with Gasteiger partial charge in [-0.15, -0.1) is 11.6 Å². The largest absolute Gasteiger partial charge is 0.324 e. The van der Waals surface area contributed by atoms with Gasteiger partial charge in [0.05, 0.1) is 16.9 Å². The molecule has 2 nitrogen and oxygen atoms in total. The topological polar surface area (TPSA) is 17.8 Å². The molecule has 1 unspecified atom stereocenters. The summed E-state index contributed by atoms with van der Waals surface area (Å²) < 4.78 is 15.3. The molecule has 0 aliphatic carbocycles. The summed E-state index contributed by atoms with van der Waals surface area (Å²) in [7, 11) is 0. The number of hydrogen-bond acceptors (Lipinski definition) is 1. The van der Waals surface area contributed by atoms with Crippen LogP contribution in [0, 0.1) is 11.7 Å². The third kappa shape index (κ3) is 2.51. The molecule has 0 aliphatic rings. The molecular weight excluding hydrogens is 251 g/mol. The Morgan fingerprint density at radius 2 is 2.06 bits per heavy atom. The number of benzene rings is 1. The van der Waals surface area contributed by atoms with Gasteiger partial charge in [0.15, 0.2) is 0 Å². The zero-order valence-corrected chi connectivity index (χ0v) is 11.7. The van der Waals surface area contributed by atoms with Crippen molar-refractivity contribution in [2.24, 2.45) is 5.92 Å². The van der Waals surface area contributed by atoms with Crippen LogP contribution in [0.25, 0.3) is 11.0 Å². The summed E-state index contributed by atoms with van der Waals surface area (Å²) >= 11 is 5.95. The Hall–Kier alpha value is -1.09. The molecule has 1 aromatic carbocycles. The zero-order chi connectivity index (χ0) is 13.3. The highest BCUT2D eigenvalue weighted by atomic mass is 35.5. The SMILES string of the molecule is CC(C)CC(C)n1c(CCl)nc2cc(F)ccc21. The van der Waals surface area contributed by atoms with Crippen molar-refractivity contribution in [3.05, 3.63) is 29.8 Å². The van der Waals surface area contributed by atoms with E-state index < -0.39 is 0 Å². The Balaban J connectivity index is 2.53. The summed E-state index contributed by atoms with van der Waals surface area (Å²) in [4.78, 5) is 4.41. The third-order valence-corrected chi connectivity index (χ3v) is 3.34. The van der Waals surface area contributed by atoms with Crippen molar-refractivity contribution in [2.45, 2.75) is 39.1 Å². The number of fused-ring (bicyclic) bond motifs is 1. The van der Waals surface area contributed by atoms with Crippen LogP contribution >= 0.6 is 11.6 Å². The van der Waals surface area contributed by atoms with Gasteiger partial charge < -0.3 is 4.57 Å². The normalized spacial score (nSPS) is 13.4. The smallest absolute Gasteiger partial charge is 0.125 e. The molecule has 1 heterocycles. The van der Waals surface area contributed by atoms with Gasteiger partial charge in [-0.25, -0.2) is 9.37 Å². The molecule has 98 valence electrons. The maximum Gasteiger partial charge on any atom is 0.125 e. The highest BCUT2D eigenvalue weighted by Crippen LogP contribution is 2.26. The Labute approximate surface area is 112 Å². The minimum absolute atomic E-state index is 0.259. The predicted molar refractivity (Wildman–Crippen MR) is 73.4 cm³/mol. The highest BCUT2D eigenvalue weighted by Gasteiger charge is 2.16. The average molecular weight is 269 g/mol. The number of aromatic nitrogens is 2. The van der Waals surface area contributed by atoms with Crippen molar-refractivity contribution in [2.75, 3.05) is 0 Å². The predicted octanol–water partition coefficient (Wildman–Crippen LogP) is 4.52. The van der Waals surface area contributed by atoms with E-state index in [4.69, 9.17) is 11.6 Å². The first kappa shape index (κ1) is 13.3. The lowest BCUT2D eigenvalue weighted by Crippen LogP contribution is -2.10. The second-order valence-electron chi connectivity index (χ2n) is 5.14. The minimum atomic E-state index is -0.259. The van der Waals surface area contributed by atoms with Crippen LogP contribution in [0.4, 0.5) is 4.39 Å². The van der Waals surface area contributed by atoms with Gasteiger partial charge in [0.1, 0.15) is 11.6 Å². The Morgan fingerprint density at radius 1 is 1.33 bits per heavy atom. The standard InChI is InChI=1S/C14H18ClFN2/c1-9(2)6-10(3)18-13-5-4-11(16)7-12(13)17-14(18)8-15/h4-5,7,9-10H,6,8H2,1-3H3. The fraction of sp³-hybridized carbons (Fsp3) is 0.500. The fourth-order valence-corrected chi connectivity index (χ4v) is 2.68. The monoisotopic (exact) mass is 268 g/mol. The molecule has 0 spiro atoms. The highest BCUT2D eigenvalue weighted by molar-refractivity contribution is 6.16. The minimum Gasteiger partial charge on any atom is -0.324 e. The van der Waals surface area contributed by atoms with Gasteiger partial charge in [0, 0.05) is 12.1 Å². The first-order valence-electron chi connectivity index (χ1n) is 6.25. The molecule has 0 bridgehead atoms. The lowest BCUT2D eigenvalue weighted by molar-refractivity contribution is 0.428. The van der Waals surface area contributed by atoms with Crippen molar-refractivity contribution in [3.8, 4) is 0 Å². The van der Waals surface area contributed by atoms with Crippen LogP contribution in [0.3, 0.4) is 0 Å². The van der Waals surface area contributed by atoms with E-state index in [1.165, 1.54) is 12.1 Å². The van der Waals surface area contributed by atoms with Crippen LogP contribution in [-0.4, -0.2) is 9.55 Å². The zero-order valence-electron chi connectivity index (χ0n) is 11.0. The maximum atomic E-state index is 13.2. The second kappa shape index (κ2) is 5.27. The van der Waals surface area contributed by atoms with E-state index in [0.717, 1.165) is 17.8 Å². The van der Waals surface area contributed by atoms with Crippen molar-refractivity contribution in [1.29, 1.82) is 0 Å². The molecule has 0 N–H and O–H groups in total. The molecule has 1 aromatic heterocycles. The van der Waals surface area contributed by atoms with Gasteiger partial charge in [-0.2, -0.15) is 0 Å². The maximum absolute atomic E-state index is 13.2. The average Bonchev–Trinajstić information content (AvgIpc) is 2.65. The molecule has 0 aliphatic heterocycles. The van der Waals surface area contributed by atoms with Crippen LogP contribution in [0.5, 0.6) is 0 Å². The first-order valence-corrected chi connectivity index (χ1v) is 6.78. The van der Waals surface area contributed by atoms with Crippen molar-refractivity contribution in [3.63, 3.8) is 0 Å². The molecule has 1 atom stereocenters. The summed E-state index contributed by atoms with van der Waals surface area (Å²) in [5, 5.41) is 0. The lowest BCUT2D eigenvalue weighted by Gasteiger charge is -2.18. The molecule has 0 radical (unpaired) electrons. The molecule has 0 amide bonds. The van der Waals surface area contributed by atoms with Gasteiger partial charge >= 0.3 is 0 Å². The van der Waals surface area contributed by atoms with Gasteiger partial charge in [0.2, 0.25) is 0 Å². The molecule has 2 rings (SSSR count). The van der Waals surface area contributed by atoms with Crippen LogP contribution in [0.15, 0.2) is 18.2 Å². The molecule has 4 heteroatoms. The van der Waals surface area contributed by atoms with E-state index in [9.17, 15) is 4.39 Å². The quantitative estimate of drug-likeness (QED) is 0.746. The van der Waals surface area contributed by atoms with E-state index in [-0.39, 0.29) is 5.82 Å². The van der Waals surface area contributed by atoms with Crippen molar-refractivity contribution in [1.82, 2.24) is 9.55 Å². The van der Waals surface area contributed by atoms with Crippen molar-refractivity contribution >= 4 is 22.6 Å². The number of imidazole rings is 1. The van der Waals surface area contributed by atoms with Crippen LogP contribution in [-0.2, 0) is 5.88 Å². The third-order valence-electron chi connectivity index (χ3n) is 3.10. The summed E-state index contributed by atoms with van der Waals surface area (Å²) in [5.74, 6) is 1.50. The Morgan fingerprint density at radius 3 is 2.67 bits per heavy atom. The van der Waals surface area contributed by atoms with Crippen molar-refractivity contribution < 1.29 is 4.39 Å². The number of rotatable bonds is 4. The number of alkyl halides is 1. The second-order valence-corrected chi connectivity index (χ2v) is 5.41. The Kier molecular flexibility index (Phi) is 3.91. The lowest BCUT2D eigenvalue weighted by atomic mass is 10.0. The van der Waals surface area contributed by atoms with Gasteiger partial charge in [-0.05, 0) is 31.4 Å². The van der Waals surface area contributed by atoms with Gasteiger partial charge in [0.25, 0.3) is 0 Å². The summed E-state index contributed by atoms with van der Waals surface area (Å²) in [5.41, 5.74) is 1.64. The number of hydrogen-bond donors (Lipinski definition) is 0. The van der Waals surface area contributed by atoms with E-state index >= 15 is 0 Å². The summed E-state index contributed by atoms with van der Waals surface area (Å²) in [6, 6.07) is 5.03.